The molecule has 3 N–H and O–H groups in total. The van der Waals surface area contributed by atoms with Crippen LogP contribution in [0.3, 0.4) is 0 Å². The molecule has 8 aromatic heterocycles. The van der Waals surface area contributed by atoms with E-state index in [1.165, 1.54) is 6.20 Å². The predicted octanol–water partition coefficient (Wildman–Crippen LogP) is 2.38. The van der Waals surface area contributed by atoms with Crippen molar-refractivity contribution in [2.75, 3.05) is 0 Å². The van der Waals surface area contributed by atoms with Gasteiger partial charge < -0.3 is 29.2 Å². The fourth-order valence-electron chi connectivity index (χ4n) is 4.93. The van der Waals surface area contributed by atoms with Crippen LogP contribution in [-0.4, -0.2) is 100 Å². The highest BCUT2D eigenvalue weighted by molar-refractivity contribution is 9.10. The summed E-state index contributed by atoms with van der Waals surface area (Å²) in [4.78, 5) is 37.5. The Morgan fingerprint density at radius 1 is 0.638 bits per heavy atom. The highest BCUT2D eigenvalue weighted by Gasteiger charge is 2.15. The molecule has 0 bridgehead atoms. The lowest BCUT2D eigenvalue weighted by atomic mass is 10.1. The quantitative estimate of drug-likeness (QED) is 0.0773. The Kier molecular flexibility index (Phi) is 15.6. The van der Waals surface area contributed by atoms with Crippen LogP contribution in [0.4, 0.5) is 0 Å². The number of oxime groups is 1. The van der Waals surface area contributed by atoms with Crippen molar-refractivity contribution in [3.05, 3.63) is 144 Å². The van der Waals surface area contributed by atoms with Crippen LogP contribution < -0.4 is 5.73 Å². The van der Waals surface area contributed by atoms with Gasteiger partial charge in [0.15, 0.2) is 6.29 Å². The van der Waals surface area contributed by atoms with E-state index in [4.69, 9.17) is 10.9 Å². The van der Waals surface area contributed by atoms with Gasteiger partial charge in [-0.15, -0.1) is 0 Å². The maximum Gasteiger partial charge on any atom is 0.214 e. The van der Waals surface area contributed by atoms with Crippen molar-refractivity contribution in [2.45, 2.75) is 6.04 Å². The van der Waals surface area contributed by atoms with Crippen molar-refractivity contribution < 1.29 is 14.8 Å². The second-order valence-corrected chi connectivity index (χ2v) is 13.4. The summed E-state index contributed by atoms with van der Waals surface area (Å²) in [5, 5.41) is 28.1. The van der Waals surface area contributed by atoms with Gasteiger partial charge in [-0.2, -0.15) is 20.4 Å². The number of nitrogens with zero attached hydrogens (tertiary/aromatic N) is 17. The third-order valence-electron chi connectivity index (χ3n) is 8.03. The van der Waals surface area contributed by atoms with Gasteiger partial charge in [0.05, 0.1) is 103 Å². The number of carbonyl (C=O) groups is 2. The number of hydrogen-bond acceptors (Lipinski definition) is 13. The Labute approximate surface area is 341 Å². The van der Waals surface area contributed by atoms with Gasteiger partial charge >= 0.3 is 0 Å². The van der Waals surface area contributed by atoms with Gasteiger partial charge in [-0.1, -0.05) is 5.16 Å². The van der Waals surface area contributed by atoms with Gasteiger partial charge in [0, 0.05) is 92.3 Å². The van der Waals surface area contributed by atoms with E-state index in [0.29, 0.717) is 22.5 Å². The number of aromatic nitrogens is 16. The van der Waals surface area contributed by atoms with E-state index in [1.54, 1.807) is 136 Å². The molecule has 0 aliphatic heterocycles. The van der Waals surface area contributed by atoms with Gasteiger partial charge in [-0.05, 0) is 15.9 Å². The highest BCUT2D eigenvalue weighted by atomic mass is 79.9. The minimum Gasteiger partial charge on any atom is -0.410 e. The van der Waals surface area contributed by atoms with Crippen LogP contribution in [0.2, 0.25) is 0 Å². The van der Waals surface area contributed by atoms with Gasteiger partial charge in [0.25, 0.3) is 0 Å². The molecular formula is C36H45BrN18O3. The average molecular weight is 858 g/mol. The first-order valence-corrected chi connectivity index (χ1v) is 17.9. The number of imidazole rings is 4. The van der Waals surface area contributed by atoms with Crippen molar-refractivity contribution in [2.24, 2.45) is 67.3 Å². The first kappa shape index (κ1) is 43.7. The third kappa shape index (κ3) is 12.0. The molecule has 0 radical (unpaired) electrons. The summed E-state index contributed by atoms with van der Waals surface area (Å²) in [6, 6.07) is -0.156. The number of aldehydes is 1. The number of carbonyl (C=O) groups excluding carboxylic acids is 2. The molecule has 0 aromatic carbocycles. The van der Waals surface area contributed by atoms with E-state index in [-0.39, 0.29) is 11.8 Å². The zero-order chi connectivity index (χ0) is 42.4. The summed E-state index contributed by atoms with van der Waals surface area (Å²) in [7, 11) is 14.7. The number of nitrogens with two attached hydrogens (primary N) is 1. The Bertz CT molecular complexity index is 2510. The largest absolute Gasteiger partial charge is 0.410 e. The van der Waals surface area contributed by atoms with E-state index in [0.717, 1.165) is 33.4 Å². The van der Waals surface area contributed by atoms with Crippen LogP contribution in [-0.2, 0) is 56.4 Å². The molecule has 8 aromatic rings. The Hall–Kier alpha value is -7.07. The normalized spacial score (nSPS) is 11.2. The molecule has 0 saturated carbocycles. The fourth-order valence-corrected chi connectivity index (χ4v) is 5.14. The second kappa shape index (κ2) is 20.7. The summed E-state index contributed by atoms with van der Waals surface area (Å²) >= 11 is 3.27. The monoisotopic (exact) mass is 856 g/mol. The summed E-state index contributed by atoms with van der Waals surface area (Å²) in [6.07, 6.45) is 27.8. The number of aryl methyl sites for hydroxylation is 8. The summed E-state index contributed by atoms with van der Waals surface area (Å²) in [5.41, 5.74) is 11.8. The van der Waals surface area contributed by atoms with Gasteiger partial charge in [-0.25, -0.2) is 19.9 Å². The Morgan fingerprint density at radius 3 is 1.52 bits per heavy atom. The average Bonchev–Trinajstić information content (AvgIpc) is 4.05. The molecule has 8 heterocycles. The van der Waals surface area contributed by atoms with E-state index in [9.17, 15) is 9.59 Å². The predicted molar refractivity (Wildman–Crippen MR) is 216 cm³/mol. The second-order valence-electron chi connectivity index (χ2n) is 12.6. The summed E-state index contributed by atoms with van der Waals surface area (Å²) in [5.74, 6) is -0.0573. The number of hydrogen-bond donors (Lipinski definition) is 2. The molecule has 58 heavy (non-hydrogen) atoms. The van der Waals surface area contributed by atoms with Crippen molar-refractivity contribution >= 4 is 33.7 Å². The van der Waals surface area contributed by atoms with Crippen molar-refractivity contribution in [3.8, 4) is 0 Å². The zero-order valence-electron chi connectivity index (χ0n) is 33.2. The molecule has 8 rings (SSSR count). The van der Waals surface area contributed by atoms with E-state index in [1.807, 2.05) is 50.6 Å². The first-order chi connectivity index (χ1) is 27.7. The van der Waals surface area contributed by atoms with E-state index in [2.05, 4.69) is 61.4 Å². The Balaban J connectivity index is 0.000000165. The van der Waals surface area contributed by atoms with Gasteiger partial charge in [-0.3, -0.25) is 28.3 Å². The molecule has 1 unspecified atom stereocenters. The van der Waals surface area contributed by atoms with E-state index >= 15 is 0 Å². The summed E-state index contributed by atoms with van der Waals surface area (Å²) < 4.78 is 14.9. The lowest BCUT2D eigenvalue weighted by Crippen LogP contribution is -2.14. The molecular weight excluding hydrogens is 812 g/mol. The number of ketones is 1. The minimum absolute atomic E-state index is 0.0573. The van der Waals surface area contributed by atoms with Crippen LogP contribution in [0, 0.1) is 0 Å². The SMILES string of the molecule is Cn1cc(/C(=N/O)c2cncn2C)cn1.Cn1cc(C(=O)c2cncn2C)cn1.Cn1cc(C(N)c2cncn2C)cn1.Cn1cc(C=O)cn1.Cn1cncc1Br. The topological polar surface area (TPSA) is 235 Å². The zero-order valence-corrected chi connectivity index (χ0v) is 34.8. The minimum atomic E-state index is -0.156. The molecule has 304 valence electrons. The van der Waals surface area contributed by atoms with Crippen molar-refractivity contribution in [1.82, 2.24) is 77.3 Å². The number of halogens is 1. The molecule has 21 nitrogen and oxygen atoms in total. The van der Waals surface area contributed by atoms with Crippen LogP contribution in [0.1, 0.15) is 55.0 Å². The fraction of sp³-hybridized carbons (Fsp3) is 0.250. The van der Waals surface area contributed by atoms with Gasteiger partial charge in [0.1, 0.15) is 16.0 Å². The molecule has 0 amide bonds. The standard InChI is InChI=1S/C9H11N5O.C9H13N5.C9H10N4O.C5H6N2O.C4H5BrN2/c1-13-6-10-4-8(13)9(12-15)7-3-11-14(2)5-7;1-13-6-11-4-8(13)9(10)7-3-12-14(2)5-7;1-12-6-10-4-8(12)9(14)7-3-11-13(2)5-7;1-7-3-5(4-8)2-6-7;1-7-3-6-2-4(7)5/h3-6,15H,1-2H3;3-6,9H,10H2,1-2H3;3-6H,1-2H3;2-4H,1H3;2-3H,1H3/b12-9-;;;;. The molecule has 22 heteroatoms. The lowest BCUT2D eigenvalue weighted by Gasteiger charge is -2.09. The van der Waals surface area contributed by atoms with Crippen LogP contribution >= 0.6 is 15.9 Å². The molecule has 0 aliphatic rings. The molecule has 0 aliphatic carbocycles. The molecule has 0 spiro atoms. The first-order valence-electron chi connectivity index (χ1n) is 17.2. The highest BCUT2D eigenvalue weighted by Crippen LogP contribution is 2.17. The van der Waals surface area contributed by atoms with Crippen LogP contribution in [0.15, 0.2) is 109 Å². The summed E-state index contributed by atoms with van der Waals surface area (Å²) in [6.45, 7) is 0. The number of rotatable bonds is 7. The molecule has 0 saturated heterocycles. The smallest absolute Gasteiger partial charge is 0.214 e. The van der Waals surface area contributed by atoms with E-state index < -0.39 is 0 Å². The third-order valence-corrected chi connectivity index (χ3v) is 8.79. The van der Waals surface area contributed by atoms with Gasteiger partial charge in [0.2, 0.25) is 5.78 Å². The Morgan fingerprint density at radius 2 is 1.14 bits per heavy atom. The van der Waals surface area contributed by atoms with Crippen LogP contribution in [0.25, 0.3) is 0 Å². The lowest BCUT2D eigenvalue weighted by molar-refractivity contribution is 0.103. The maximum absolute atomic E-state index is 11.8. The molecule has 0 fully saturated rings. The maximum atomic E-state index is 11.8. The van der Waals surface area contributed by atoms with Crippen molar-refractivity contribution in [3.63, 3.8) is 0 Å². The molecule has 1 atom stereocenters. The van der Waals surface area contributed by atoms with Crippen molar-refractivity contribution in [1.29, 1.82) is 0 Å². The van der Waals surface area contributed by atoms with Crippen LogP contribution in [0.5, 0.6) is 0 Å².